The largest absolute Gasteiger partial charge is 0.489 e. The van der Waals surface area contributed by atoms with E-state index in [4.69, 9.17) is 23.7 Å². The summed E-state index contributed by atoms with van der Waals surface area (Å²) in [6.07, 6.45) is 0. The highest BCUT2D eigenvalue weighted by Gasteiger charge is 2.14. The van der Waals surface area contributed by atoms with Gasteiger partial charge in [0, 0.05) is 11.8 Å². The van der Waals surface area contributed by atoms with Crippen molar-refractivity contribution in [2.45, 2.75) is 6.61 Å². The number of nitrogens with one attached hydrogen (secondary N) is 1. The Labute approximate surface area is 191 Å². The lowest BCUT2D eigenvalue weighted by molar-refractivity contribution is -0.149. The molecule has 0 fully saturated rings. The van der Waals surface area contributed by atoms with Crippen molar-refractivity contribution < 1.29 is 33.3 Å². The van der Waals surface area contributed by atoms with Gasteiger partial charge in [-0.25, -0.2) is 4.79 Å². The van der Waals surface area contributed by atoms with Crippen LogP contribution in [0, 0.1) is 0 Å². The SMILES string of the molecule is O=C(COC(=O)COc1ccc(OCc2ccccc2)cc1)Nc1ccc2c(c1)OCCO2. The van der Waals surface area contributed by atoms with Crippen molar-refractivity contribution in [3.63, 3.8) is 0 Å². The molecule has 170 valence electrons. The number of hydrogen-bond donors (Lipinski definition) is 1. The van der Waals surface area contributed by atoms with Crippen LogP contribution in [0.1, 0.15) is 5.56 Å². The van der Waals surface area contributed by atoms with Gasteiger partial charge in [-0.15, -0.1) is 0 Å². The third kappa shape index (κ3) is 6.64. The molecule has 0 unspecified atom stereocenters. The molecule has 0 aromatic heterocycles. The third-order valence-corrected chi connectivity index (χ3v) is 4.62. The average molecular weight is 449 g/mol. The summed E-state index contributed by atoms with van der Waals surface area (Å²) in [5.41, 5.74) is 1.59. The molecule has 3 aromatic rings. The van der Waals surface area contributed by atoms with Gasteiger partial charge in [-0.1, -0.05) is 30.3 Å². The summed E-state index contributed by atoms with van der Waals surface area (Å²) in [7, 11) is 0. The van der Waals surface area contributed by atoms with Crippen LogP contribution >= 0.6 is 0 Å². The number of carbonyl (C=O) groups is 2. The van der Waals surface area contributed by atoms with Crippen molar-refractivity contribution in [1.82, 2.24) is 0 Å². The molecule has 4 rings (SSSR count). The van der Waals surface area contributed by atoms with E-state index in [-0.39, 0.29) is 6.61 Å². The van der Waals surface area contributed by atoms with E-state index in [1.165, 1.54) is 0 Å². The van der Waals surface area contributed by atoms with E-state index in [1.807, 2.05) is 30.3 Å². The van der Waals surface area contributed by atoms with E-state index in [0.717, 1.165) is 5.56 Å². The van der Waals surface area contributed by atoms with E-state index < -0.39 is 18.5 Å². The Morgan fingerprint density at radius 3 is 2.24 bits per heavy atom. The monoisotopic (exact) mass is 449 g/mol. The maximum atomic E-state index is 12.0. The van der Waals surface area contributed by atoms with E-state index in [1.54, 1.807) is 42.5 Å². The molecule has 1 heterocycles. The molecule has 1 aliphatic rings. The fraction of sp³-hybridized carbons (Fsp3) is 0.200. The lowest BCUT2D eigenvalue weighted by atomic mass is 10.2. The second-order valence-electron chi connectivity index (χ2n) is 7.10. The number of rotatable bonds is 9. The summed E-state index contributed by atoms with van der Waals surface area (Å²) >= 11 is 0. The molecule has 0 bridgehead atoms. The smallest absolute Gasteiger partial charge is 0.344 e. The molecular formula is C25H23NO7. The van der Waals surface area contributed by atoms with E-state index in [9.17, 15) is 9.59 Å². The van der Waals surface area contributed by atoms with Crippen LogP contribution in [0.3, 0.4) is 0 Å². The molecule has 33 heavy (non-hydrogen) atoms. The Bertz CT molecular complexity index is 1080. The van der Waals surface area contributed by atoms with Crippen LogP contribution in [0.2, 0.25) is 0 Å². The maximum absolute atomic E-state index is 12.0. The van der Waals surface area contributed by atoms with Gasteiger partial charge in [0.25, 0.3) is 5.91 Å². The van der Waals surface area contributed by atoms with Gasteiger partial charge >= 0.3 is 5.97 Å². The van der Waals surface area contributed by atoms with Gasteiger partial charge in [0.1, 0.15) is 31.3 Å². The van der Waals surface area contributed by atoms with Gasteiger partial charge in [-0.3, -0.25) is 4.79 Å². The topological polar surface area (TPSA) is 92.3 Å². The highest BCUT2D eigenvalue weighted by atomic mass is 16.6. The van der Waals surface area contributed by atoms with Crippen LogP contribution in [-0.2, 0) is 20.9 Å². The molecule has 1 amide bonds. The summed E-state index contributed by atoms with van der Waals surface area (Å²) in [5, 5.41) is 2.64. The summed E-state index contributed by atoms with van der Waals surface area (Å²) < 4.78 is 27.0. The Kier molecular flexibility index (Phi) is 7.27. The summed E-state index contributed by atoms with van der Waals surface area (Å²) in [6.45, 7) is 0.653. The van der Waals surface area contributed by atoms with Gasteiger partial charge in [-0.05, 0) is 42.0 Å². The lowest BCUT2D eigenvalue weighted by Gasteiger charge is -2.19. The molecule has 8 heteroatoms. The predicted octanol–water partition coefficient (Wildman–Crippen LogP) is 3.60. The van der Waals surface area contributed by atoms with Gasteiger partial charge < -0.3 is 29.0 Å². The summed E-state index contributed by atoms with van der Waals surface area (Å²) in [6, 6.07) is 21.8. The molecule has 0 saturated heterocycles. The average Bonchev–Trinajstić information content (AvgIpc) is 2.86. The number of anilines is 1. The summed E-state index contributed by atoms with van der Waals surface area (Å²) in [4.78, 5) is 23.9. The predicted molar refractivity (Wildman–Crippen MR) is 120 cm³/mol. The number of amides is 1. The van der Waals surface area contributed by atoms with Crippen LogP contribution < -0.4 is 24.3 Å². The molecule has 0 atom stereocenters. The fourth-order valence-electron chi connectivity index (χ4n) is 3.02. The first-order valence-electron chi connectivity index (χ1n) is 10.4. The Morgan fingerprint density at radius 2 is 1.48 bits per heavy atom. The van der Waals surface area contributed by atoms with Crippen LogP contribution in [-0.4, -0.2) is 38.3 Å². The highest BCUT2D eigenvalue weighted by molar-refractivity contribution is 5.93. The van der Waals surface area contributed by atoms with Crippen molar-refractivity contribution in [2.24, 2.45) is 0 Å². The van der Waals surface area contributed by atoms with Crippen LogP contribution in [0.5, 0.6) is 23.0 Å². The molecular weight excluding hydrogens is 426 g/mol. The van der Waals surface area contributed by atoms with Crippen LogP contribution in [0.15, 0.2) is 72.8 Å². The van der Waals surface area contributed by atoms with Crippen molar-refractivity contribution in [1.29, 1.82) is 0 Å². The van der Waals surface area contributed by atoms with Crippen molar-refractivity contribution in [3.05, 3.63) is 78.4 Å². The quantitative estimate of drug-likeness (QED) is 0.499. The number of ether oxygens (including phenoxy) is 5. The first-order valence-corrected chi connectivity index (χ1v) is 10.4. The Hall–Kier alpha value is -4.20. The second-order valence-corrected chi connectivity index (χ2v) is 7.10. The minimum Gasteiger partial charge on any atom is -0.489 e. The number of fused-ring (bicyclic) bond motifs is 1. The van der Waals surface area contributed by atoms with Gasteiger partial charge in [0.15, 0.2) is 24.7 Å². The lowest BCUT2D eigenvalue weighted by Crippen LogP contribution is -2.23. The molecule has 0 saturated carbocycles. The standard InChI is InChI=1S/C25H23NO7/c27-24(26-19-6-11-22-23(14-19)30-13-12-29-22)16-33-25(28)17-32-21-9-7-20(8-10-21)31-15-18-4-2-1-3-5-18/h1-11,14H,12-13,15-17H2,(H,26,27). The fourth-order valence-corrected chi connectivity index (χ4v) is 3.02. The minimum absolute atomic E-state index is 0.318. The molecule has 8 nitrogen and oxygen atoms in total. The molecule has 1 aliphatic heterocycles. The normalized spacial score (nSPS) is 11.9. The van der Waals surface area contributed by atoms with Crippen molar-refractivity contribution in [3.8, 4) is 23.0 Å². The molecule has 0 aliphatic carbocycles. The highest BCUT2D eigenvalue weighted by Crippen LogP contribution is 2.32. The van der Waals surface area contributed by atoms with E-state index >= 15 is 0 Å². The number of carbonyl (C=O) groups excluding carboxylic acids is 2. The Morgan fingerprint density at radius 1 is 0.788 bits per heavy atom. The molecule has 1 N–H and O–H groups in total. The first-order chi connectivity index (χ1) is 16.2. The number of benzene rings is 3. The zero-order chi connectivity index (χ0) is 22.9. The second kappa shape index (κ2) is 10.9. The van der Waals surface area contributed by atoms with Gasteiger partial charge in [0.05, 0.1) is 0 Å². The zero-order valence-electron chi connectivity index (χ0n) is 17.8. The Balaban J connectivity index is 1.16. The molecule has 0 radical (unpaired) electrons. The van der Waals surface area contributed by atoms with Crippen LogP contribution in [0.25, 0.3) is 0 Å². The van der Waals surface area contributed by atoms with Crippen molar-refractivity contribution >= 4 is 17.6 Å². The molecule has 0 spiro atoms. The van der Waals surface area contributed by atoms with Crippen molar-refractivity contribution in [2.75, 3.05) is 31.7 Å². The maximum Gasteiger partial charge on any atom is 0.344 e. The zero-order valence-corrected chi connectivity index (χ0v) is 17.8. The number of esters is 1. The van der Waals surface area contributed by atoms with Gasteiger partial charge in [-0.2, -0.15) is 0 Å². The summed E-state index contributed by atoms with van der Waals surface area (Å²) in [5.74, 6) is 1.22. The minimum atomic E-state index is -0.656. The third-order valence-electron chi connectivity index (χ3n) is 4.62. The molecule has 3 aromatic carbocycles. The van der Waals surface area contributed by atoms with E-state index in [2.05, 4.69) is 5.32 Å². The van der Waals surface area contributed by atoms with Crippen LogP contribution in [0.4, 0.5) is 5.69 Å². The van der Waals surface area contributed by atoms with Gasteiger partial charge in [0.2, 0.25) is 0 Å². The number of hydrogen-bond acceptors (Lipinski definition) is 7. The van der Waals surface area contributed by atoms with E-state index in [0.29, 0.717) is 48.5 Å². The first kappa shape index (κ1) is 22.0.